The van der Waals surface area contributed by atoms with E-state index in [1.807, 2.05) is 30.3 Å². The fourth-order valence-corrected chi connectivity index (χ4v) is 5.38. The van der Waals surface area contributed by atoms with E-state index < -0.39 is 22.5 Å². The molecule has 1 atom stereocenters. The van der Waals surface area contributed by atoms with E-state index in [0.29, 0.717) is 33.2 Å². The Morgan fingerprint density at radius 2 is 1.57 bits per heavy atom. The highest BCUT2D eigenvalue weighted by Crippen LogP contribution is 2.36. The SMILES string of the molecule is O=C(NCc1ccccc1)c1ccc2c(c1)N(Cc1ccccc1F)C(=O)c1ccccc1[S@@]2=O. The fourth-order valence-electron chi connectivity index (χ4n) is 4.04. The minimum absolute atomic E-state index is 0.0703. The van der Waals surface area contributed by atoms with Gasteiger partial charge in [-0.05, 0) is 42.0 Å². The van der Waals surface area contributed by atoms with Crippen molar-refractivity contribution in [2.24, 2.45) is 0 Å². The van der Waals surface area contributed by atoms with E-state index in [4.69, 9.17) is 0 Å². The van der Waals surface area contributed by atoms with Crippen molar-refractivity contribution in [1.29, 1.82) is 0 Å². The molecule has 4 aromatic carbocycles. The Hall–Kier alpha value is -4.10. The molecular weight excluding hydrogens is 463 g/mol. The highest BCUT2D eigenvalue weighted by atomic mass is 32.2. The molecule has 5 nitrogen and oxygen atoms in total. The summed E-state index contributed by atoms with van der Waals surface area (Å²) in [6.07, 6.45) is 0. The van der Waals surface area contributed by atoms with Crippen molar-refractivity contribution in [2.45, 2.75) is 22.9 Å². The predicted molar refractivity (Wildman–Crippen MR) is 132 cm³/mol. The fraction of sp³-hybridized carbons (Fsp3) is 0.0714. The van der Waals surface area contributed by atoms with Crippen molar-refractivity contribution in [3.05, 3.63) is 125 Å². The summed E-state index contributed by atoms with van der Waals surface area (Å²) in [5.41, 5.74) is 2.18. The minimum Gasteiger partial charge on any atom is -0.348 e. The monoisotopic (exact) mass is 484 g/mol. The second-order valence-electron chi connectivity index (χ2n) is 8.10. The van der Waals surface area contributed by atoms with Gasteiger partial charge in [0.15, 0.2) is 0 Å². The van der Waals surface area contributed by atoms with Gasteiger partial charge in [0.2, 0.25) is 0 Å². The van der Waals surface area contributed by atoms with Crippen molar-refractivity contribution in [3.8, 4) is 0 Å². The Kier molecular flexibility index (Phi) is 6.25. The molecule has 0 bridgehead atoms. The van der Waals surface area contributed by atoms with Gasteiger partial charge in [0, 0.05) is 17.7 Å². The average molecular weight is 485 g/mol. The molecule has 0 spiro atoms. The molecule has 35 heavy (non-hydrogen) atoms. The molecule has 1 aliphatic rings. The van der Waals surface area contributed by atoms with E-state index in [0.717, 1.165) is 5.56 Å². The second-order valence-corrected chi connectivity index (χ2v) is 9.52. The standard InChI is InChI=1S/C28H21FN2O3S/c29-23-12-6-4-10-21(23)18-31-24-16-20(27(32)30-17-19-8-2-1-3-9-19)14-15-26(24)35(34)25-13-7-5-11-22(25)28(31)33/h1-16H,17-18H2,(H,30,32)/t35-/m0/s1. The lowest BCUT2D eigenvalue weighted by Gasteiger charge is -2.24. The molecule has 1 N–H and O–H groups in total. The maximum absolute atomic E-state index is 14.5. The number of hydrogen-bond acceptors (Lipinski definition) is 3. The third-order valence-electron chi connectivity index (χ3n) is 5.86. The number of halogens is 1. The predicted octanol–water partition coefficient (Wildman–Crippen LogP) is 5.08. The van der Waals surface area contributed by atoms with Gasteiger partial charge >= 0.3 is 0 Å². The minimum atomic E-state index is -1.66. The summed E-state index contributed by atoms with van der Waals surface area (Å²) < 4.78 is 28.0. The Morgan fingerprint density at radius 3 is 2.37 bits per heavy atom. The maximum Gasteiger partial charge on any atom is 0.259 e. The molecule has 0 unspecified atom stereocenters. The van der Waals surface area contributed by atoms with Gasteiger partial charge in [0.1, 0.15) is 5.82 Å². The van der Waals surface area contributed by atoms with Crippen LogP contribution in [-0.4, -0.2) is 16.0 Å². The molecule has 0 aliphatic carbocycles. The van der Waals surface area contributed by atoms with Crippen LogP contribution in [0.25, 0.3) is 0 Å². The zero-order valence-corrected chi connectivity index (χ0v) is 19.4. The van der Waals surface area contributed by atoms with Gasteiger partial charge < -0.3 is 10.2 Å². The number of benzene rings is 4. The van der Waals surface area contributed by atoms with Gasteiger partial charge in [0.05, 0.1) is 38.4 Å². The van der Waals surface area contributed by atoms with Gasteiger partial charge in [0.25, 0.3) is 11.8 Å². The number of amides is 2. The Labute approximate surface area is 204 Å². The average Bonchev–Trinajstić information content (AvgIpc) is 2.98. The van der Waals surface area contributed by atoms with E-state index in [-0.39, 0.29) is 18.0 Å². The molecule has 1 heterocycles. The highest BCUT2D eigenvalue weighted by molar-refractivity contribution is 7.85. The number of rotatable bonds is 5. The zero-order valence-electron chi connectivity index (χ0n) is 18.6. The van der Waals surface area contributed by atoms with Crippen LogP contribution in [0.1, 0.15) is 31.8 Å². The molecule has 1 aliphatic heterocycles. The van der Waals surface area contributed by atoms with Gasteiger partial charge in [-0.1, -0.05) is 60.7 Å². The number of fused-ring (bicyclic) bond motifs is 2. The molecule has 0 saturated heterocycles. The van der Waals surface area contributed by atoms with Crippen LogP contribution in [0, 0.1) is 5.82 Å². The molecule has 4 aromatic rings. The summed E-state index contributed by atoms with van der Waals surface area (Å²) in [5, 5.41) is 2.87. The third-order valence-corrected chi connectivity index (χ3v) is 7.36. The van der Waals surface area contributed by atoms with Crippen LogP contribution in [0.3, 0.4) is 0 Å². The van der Waals surface area contributed by atoms with E-state index in [1.54, 1.807) is 60.7 Å². The molecule has 0 fully saturated rings. The zero-order chi connectivity index (χ0) is 24.4. The van der Waals surface area contributed by atoms with Crippen LogP contribution in [-0.2, 0) is 23.9 Å². The molecule has 0 radical (unpaired) electrons. The van der Waals surface area contributed by atoms with Crippen molar-refractivity contribution < 1.29 is 18.2 Å². The maximum atomic E-state index is 14.5. The summed E-state index contributed by atoms with van der Waals surface area (Å²) >= 11 is 0. The molecule has 0 aromatic heterocycles. The Bertz CT molecular complexity index is 1460. The third kappa shape index (κ3) is 4.50. The first-order valence-corrected chi connectivity index (χ1v) is 12.2. The van der Waals surface area contributed by atoms with Crippen LogP contribution in [0.5, 0.6) is 0 Å². The summed E-state index contributed by atoms with van der Waals surface area (Å²) in [6.45, 7) is 0.269. The number of nitrogens with one attached hydrogen (secondary N) is 1. The molecule has 2 amide bonds. The van der Waals surface area contributed by atoms with Crippen molar-refractivity contribution >= 4 is 28.3 Å². The molecule has 174 valence electrons. The second kappa shape index (κ2) is 9.64. The van der Waals surface area contributed by atoms with Crippen molar-refractivity contribution in [3.63, 3.8) is 0 Å². The lowest BCUT2D eigenvalue weighted by atomic mass is 10.1. The van der Waals surface area contributed by atoms with Crippen molar-refractivity contribution in [2.75, 3.05) is 4.90 Å². The number of carbonyl (C=O) groups is 2. The summed E-state index contributed by atoms with van der Waals surface area (Å²) in [5.74, 6) is -1.18. The van der Waals surface area contributed by atoms with Crippen LogP contribution in [0.2, 0.25) is 0 Å². The van der Waals surface area contributed by atoms with Gasteiger partial charge in [-0.3, -0.25) is 9.59 Å². The van der Waals surface area contributed by atoms with Crippen LogP contribution >= 0.6 is 0 Å². The molecule has 7 heteroatoms. The number of carbonyl (C=O) groups excluding carboxylic acids is 2. The van der Waals surface area contributed by atoms with Crippen molar-refractivity contribution in [1.82, 2.24) is 5.32 Å². The first kappa shape index (κ1) is 22.7. The number of anilines is 1. The van der Waals surface area contributed by atoms with E-state index in [1.165, 1.54) is 11.0 Å². The summed E-state index contributed by atoms with van der Waals surface area (Å²) in [6, 6.07) is 27.2. The summed E-state index contributed by atoms with van der Waals surface area (Å²) in [4.78, 5) is 28.7. The summed E-state index contributed by atoms with van der Waals surface area (Å²) in [7, 11) is -1.66. The number of nitrogens with zero attached hydrogens (tertiary/aromatic N) is 1. The van der Waals surface area contributed by atoms with E-state index >= 15 is 0 Å². The highest BCUT2D eigenvalue weighted by Gasteiger charge is 2.32. The first-order valence-electron chi connectivity index (χ1n) is 11.0. The normalized spacial score (nSPS) is 14.6. The molecule has 5 rings (SSSR count). The Morgan fingerprint density at radius 1 is 0.857 bits per heavy atom. The van der Waals surface area contributed by atoms with Crippen LogP contribution < -0.4 is 10.2 Å². The van der Waals surface area contributed by atoms with Crippen LogP contribution in [0.15, 0.2) is 107 Å². The van der Waals surface area contributed by atoms with E-state index in [2.05, 4.69) is 5.32 Å². The van der Waals surface area contributed by atoms with E-state index in [9.17, 15) is 18.2 Å². The van der Waals surface area contributed by atoms with Gasteiger partial charge in [-0.25, -0.2) is 8.60 Å². The first-order chi connectivity index (χ1) is 17.0. The Balaban J connectivity index is 1.56. The van der Waals surface area contributed by atoms with Crippen LogP contribution in [0.4, 0.5) is 10.1 Å². The lowest BCUT2D eigenvalue weighted by molar-refractivity contribution is 0.0947. The van der Waals surface area contributed by atoms with Gasteiger partial charge in [-0.2, -0.15) is 0 Å². The number of hydrogen-bond donors (Lipinski definition) is 1. The lowest BCUT2D eigenvalue weighted by Crippen LogP contribution is -2.31. The smallest absolute Gasteiger partial charge is 0.259 e. The quantitative estimate of drug-likeness (QED) is 0.430. The molecular formula is C28H21FN2O3S. The molecule has 0 saturated carbocycles. The van der Waals surface area contributed by atoms with Gasteiger partial charge in [-0.15, -0.1) is 0 Å². The largest absolute Gasteiger partial charge is 0.348 e. The topological polar surface area (TPSA) is 66.5 Å².